The lowest BCUT2D eigenvalue weighted by molar-refractivity contribution is -0.0978. The Morgan fingerprint density at radius 3 is 2.68 bits per heavy atom. The summed E-state index contributed by atoms with van der Waals surface area (Å²) >= 11 is 0. The molecule has 1 saturated heterocycles. The fraction of sp³-hybridized carbons (Fsp3) is 1.00. The minimum absolute atomic E-state index is 0.638. The Kier molecular flexibility index (Phi) is 2.82. The normalized spacial score (nSPS) is 57.2. The zero-order chi connectivity index (χ0) is 13.1. The molecule has 4 aliphatic rings. The van der Waals surface area contributed by atoms with Crippen molar-refractivity contribution in [2.75, 3.05) is 13.1 Å². The zero-order valence-electron chi connectivity index (χ0n) is 12.9. The highest BCUT2D eigenvalue weighted by Crippen LogP contribution is 2.63. The summed E-state index contributed by atoms with van der Waals surface area (Å²) in [6, 6.07) is 0. The van der Waals surface area contributed by atoms with E-state index < -0.39 is 0 Å². The average Bonchev–Trinajstić information content (AvgIpc) is 2.79. The third-order valence-electron chi connectivity index (χ3n) is 7.99. The topological polar surface area (TPSA) is 12.0 Å². The van der Waals surface area contributed by atoms with Gasteiger partial charge in [0.15, 0.2) is 0 Å². The molecule has 0 amide bonds. The highest BCUT2D eigenvalue weighted by atomic mass is 14.9. The highest BCUT2D eigenvalue weighted by Gasteiger charge is 2.57. The first-order valence-corrected chi connectivity index (χ1v) is 8.84. The van der Waals surface area contributed by atoms with Gasteiger partial charge in [-0.25, -0.2) is 0 Å². The van der Waals surface area contributed by atoms with E-state index in [2.05, 4.69) is 19.2 Å². The van der Waals surface area contributed by atoms with Crippen molar-refractivity contribution in [3.05, 3.63) is 0 Å². The number of fused-ring (bicyclic) bond motifs is 5. The van der Waals surface area contributed by atoms with Gasteiger partial charge in [-0.1, -0.05) is 26.7 Å². The molecule has 0 aromatic carbocycles. The first-order chi connectivity index (χ1) is 9.13. The Morgan fingerprint density at radius 1 is 0.895 bits per heavy atom. The Hall–Kier alpha value is -0.0400. The smallest absolute Gasteiger partial charge is 0.000852 e. The summed E-state index contributed by atoms with van der Waals surface area (Å²) in [6.07, 6.45) is 12.2. The van der Waals surface area contributed by atoms with E-state index in [4.69, 9.17) is 0 Å². The second-order valence-electron chi connectivity index (χ2n) is 8.73. The second-order valence-corrected chi connectivity index (χ2v) is 8.73. The lowest BCUT2D eigenvalue weighted by atomic mass is 9.45. The molecule has 0 aromatic rings. The Labute approximate surface area is 118 Å². The fourth-order valence-corrected chi connectivity index (χ4v) is 6.82. The molecular weight excluding hydrogens is 230 g/mol. The van der Waals surface area contributed by atoms with Gasteiger partial charge >= 0.3 is 0 Å². The molecule has 0 aromatic heterocycles. The van der Waals surface area contributed by atoms with Crippen molar-refractivity contribution in [3.63, 3.8) is 0 Å². The third-order valence-corrected chi connectivity index (χ3v) is 7.99. The van der Waals surface area contributed by atoms with E-state index in [0.717, 1.165) is 23.7 Å². The average molecular weight is 261 g/mol. The number of rotatable bonds is 0. The van der Waals surface area contributed by atoms with Crippen molar-refractivity contribution >= 4 is 0 Å². The summed E-state index contributed by atoms with van der Waals surface area (Å²) in [6.45, 7) is 7.86. The molecule has 1 N–H and O–H groups in total. The first kappa shape index (κ1) is 12.7. The van der Waals surface area contributed by atoms with Gasteiger partial charge in [-0.2, -0.15) is 0 Å². The maximum Gasteiger partial charge on any atom is 0.000852 e. The summed E-state index contributed by atoms with van der Waals surface area (Å²) in [5.41, 5.74) is 1.35. The maximum absolute atomic E-state index is 3.72. The standard InChI is InChI=1S/C18H31N/c1-17-10-8-15-14(16(17)11-19-12-17)7-6-13-5-3-4-9-18(13,15)2/h13-16,19H,3-12H2,1-2H3/t13-,14-,15+,16+,17-,18+/m1/s1. The van der Waals surface area contributed by atoms with Crippen LogP contribution in [0.5, 0.6) is 0 Å². The van der Waals surface area contributed by atoms with Gasteiger partial charge in [0.25, 0.3) is 0 Å². The number of nitrogens with one attached hydrogen (secondary N) is 1. The molecule has 108 valence electrons. The van der Waals surface area contributed by atoms with Gasteiger partial charge in [0.05, 0.1) is 0 Å². The first-order valence-electron chi connectivity index (χ1n) is 8.84. The molecule has 4 fully saturated rings. The molecule has 1 nitrogen and oxygen atoms in total. The van der Waals surface area contributed by atoms with Crippen LogP contribution >= 0.6 is 0 Å². The van der Waals surface area contributed by atoms with Gasteiger partial charge in [0.1, 0.15) is 0 Å². The van der Waals surface area contributed by atoms with Gasteiger partial charge in [-0.05, 0) is 79.6 Å². The highest BCUT2D eigenvalue weighted by molar-refractivity contribution is 5.07. The molecule has 0 unspecified atom stereocenters. The van der Waals surface area contributed by atoms with Gasteiger partial charge < -0.3 is 5.32 Å². The van der Waals surface area contributed by atoms with Crippen LogP contribution in [0, 0.1) is 34.5 Å². The van der Waals surface area contributed by atoms with Gasteiger partial charge in [-0.3, -0.25) is 0 Å². The lowest BCUT2D eigenvalue weighted by Gasteiger charge is -2.59. The van der Waals surface area contributed by atoms with Crippen LogP contribution in [-0.2, 0) is 0 Å². The van der Waals surface area contributed by atoms with Crippen molar-refractivity contribution < 1.29 is 0 Å². The molecule has 4 rings (SSSR count). The van der Waals surface area contributed by atoms with Crippen molar-refractivity contribution in [1.29, 1.82) is 0 Å². The summed E-state index contributed by atoms with van der Waals surface area (Å²) in [5.74, 6) is 4.17. The van der Waals surface area contributed by atoms with E-state index >= 15 is 0 Å². The predicted molar refractivity (Wildman–Crippen MR) is 80.0 cm³/mol. The molecule has 19 heavy (non-hydrogen) atoms. The molecule has 3 saturated carbocycles. The quantitative estimate of drug-likeness (QED) is 0.688. The van der Waals surface area contributed by atoms with Crippen molar-refractivity contribution in [3.8, 4) is 0 Å². The molecule has 0 spiro atoms. The molecule has 6 atom stereocenters. The molecule has 3 aliphatic carbocycles. The van der Waals surface area contributed by atoms with E-state index in [1.165, 1.54) is 45.2 Å². The molecule has 0 bridgehead atoms. The van der Waals surface area contributed by atoms with Crippen LogP contribution in [0.3, 0.4) is 0 Å². The summed E-state index contributed by atoms with van der Waals surface area (Å²) in [7, 11) is 0. The zero-order valence-corrected chi connectivity index (χ0v) is 12.9. The van der Waals surface area contributed by atoms with E-state index in [-0.39, 0.29) is 0 Å². The van der Waals surface area contributed by atoms with E-state index in [9.17, 15) is 0 Å². The van der Waals surface area contributed by atoms with Crippen LogP contribution in [0.4, 0.5) is 0 Å². The van der Waals surface area contributed by atoms with E-state index in [0.29, 0.717) is 10.8 Å². The van der Waals surface area contributed by atoms with Gasteiger partial charge in [0.2, 0.25) is 0 Å². The molecule has 1 aliphatic heterocycles. The molecule has 1 heteroatoms. The van der Waals surface area contributed by atoms with Crippen LogP contribution in [0.25, 0.3) is 0 Å². The van der Waals surface area contributed by atoms with Crippen molar-refractivity contribution in [2.24, 2.45) is 34.5 Å². The van der Waals surface area contributed by atoms with Crippen LogP contribution in [0.2, 0.25) is 0 Å². The van der Waals surface area contributed by atoms with Crippen LogP contribution < -0.4 is 5.32 Å². The maximum atomic E-state index is 3.72. The monoisotopic (exact) mass is 261 g/mol. The molecular formula is C18H31N. The van der Waals surface area contributed by atoms with Gasteiger partial charge in [-0.15, -0.1) is 0 Å². The second kappa shape index (κ2) is 4.23. The largest absolute Gasteiger partial charge is 0.316 e. The third kappa shape index (κ3) is 1.69. The Bertz CT molecular complexity index is 365. The van der Waals surface area contributed by atoms with Crippen molar-refractivity contribution in [1.82, 2.24) is 5.32 Å². The van der Waals surface area contributed by atoms with Crippen LogP contribution in [-0.4, -0.2) is 13.1 Å². The lowest BCUT2D eigenvalue weighted by Crippen LogP contribution is -2.52. The Balaban J connectivity index is 1.64. The fourth-order valence-electron chi connectivity index (χ4n) is 6.82. The minimum atomic E-state index is 0.638. The predicted octanol–water partition coefficient (Wildman–Crippen LogP) is 4.23. The van der Waals surface area contributed by atoms with Crippen molar-refractivity contribution in [2.45, 2.75) is 65.2 Å². The molecule has 0 radical (unpaired) electrons. The summed E-state index contributed by atoms with van der Waals surface area (Å²) in [4.78, 5) is 0. The summed E-state index contributed by atoms with van der Waals surface area (Å²) < 4.78 is 0. The van der Waals surface area contributed by atoms with E-state index in [1.54, 1.807) is 19.3 Å². The molecule has 1 heterocycles. The SMILES string of the molecule is C[C@]12CC[C@H]3[C@@H](CC[C@H]4CCCC[C@@]43C)[C@@H]1CNC2. The number of hydrogen-bond donors (Lipinski definition) is 1. The van der Waals surface area contributed by atoms with Crippen LogP contribution in [0.1, 0.15) is 65.2 Å². The Morgan fingerprint density at radius 2 is 1.79 bits per heavy atom. The minimum Gasteiger partial charge on any atom is -0.316 e. The summed E-state index contributed by atoms with van der Waals surface area (Å²) in [5, 5.41) is 3.72. The van der Waals surface area contributed by atoms with Crippen LogP contribution in [0.15, 0.2) is 0 Å². The number of hydrogen-bond acceptors (Lipinski definition) is 1. The van der Waals surface area contributed by atoms with Gasteiger partial charge in [0, 0.05) is 6.54 Å². The van der Waals surface area contributed by atoms with E-state index in [1.807, 2.05) is 0 Å².